The Morgan fingerprint density at radius 3 is 2.73 bits per heavy atom. The molecule has 1 atom stereocenters. The fourth-order valence-electron chi connectivity index (χ4n) is 1.82. The highest BCUT2D eigenvalue weighted by Crippen LogP contribution is 2.19. The van der Waals surface area contributed by atoms with Gasteiger partial charge >= 0.3 is 0 Å². The lowest BCUT2D eigenvalue weighted by Crippen LogP contribution is -2.45. The first-order chi connectivity index (χ1) is 5.20. The van der Waals surface area contributed by atoms with Gasteiger partial charge in [-0.2, -0.15) is 0 Å². The molecule has 1 heterocycles. The Morgan fingerprint density at radius 1 is 1.45 bits per heavy atom. The molecule has 0 aromatic heterocycles. The van der Waals surface area contributed by atoms with Crippen molar-refractivity contribution in [3.63, 3.8) is 0 Å². The van der Waals surface area contributed by atoms with Crippen molar-refractivity contribution in [1.82, 2.24) is 5.01 Å². The molecule has 1 unspecified atom stereocenters. The van der Waals surface area contributed by atoms with E-state index in [1.54, 1.807) is 0 Å². The SMILES string of the molecule is CC(C)CC1CCCCN1N. The van der Waals surface area contributed by atoms with Crippen LogP contribution in [0.15, 0.2) is 0 Å². The van der Waals surface area contributed by atoms with Crippen molar-refractivity contribution >= 4 is 0 Å². The van der Waals surface area contributed by atoms with Crippen LogP contribution in [0, 0.1) is 5.92 Å². The fourth-order valence-corrected chi connectivity index (χ4v) is 1.82. The van der Waals surface area contributed by atoms with E-state index in [0.29, 0.717) is 6.04 Å². The third-order valence-corrected chi connectivity index (χ3v) is 2.42. The molecule has 0 spiro atoms. The normalized spacial score (nSPS) is 27.8. The van der Waals surface area contributed by atoms with Crippen LogP contribution in [0.4, 0.5) is 0 Å². The molecule has 0 aliphatic carbocycles. The summed E-state index contributed by atoms with van der Waals surface area (Å²) < 4.78 is 0. The largest absolute Gasteiger partial charge is 0.269 e. The van der Waals surface area contributed by atoms with Gasteiger partial charge in [0, 0.05) is 12.6 Å². The molecule has 11 heavy (non-hydrogen) atoms. The van der Waals surface area contributed by atoms with Crippen molar-refractivity contribution in [2.24, 2.45) is 11.8 Å². The Labute approximate surface area is 69.7 Å². The second-order valence-electron chi connectivity index (χ2n) is 4.02. The summed E-state index contributed by atoms with van der Waals surface area (Å²) >= 11 is 0. The summed E-state index contributed by atoms with van der Waals surface area (Å²) in [6.07, 6.45) is 5.21. The molecule has 1 aliphatic rings. The molecule has 0 aromatic carbocycles. The summed E-state index contributed by atoms with van der Waals surface area (Å²) in [5.41, 5.74) is 0. The Balaban J connectivity index is 2.29. The van der Waals surface area contributed by atoms with Gasteiger partial charge in [0.2, 0.25) is 0 Å². The lowest BCUT2D eigenvalue weighted by Gasteiger charge is -2.32. The second-order valence-corrected chi connectivity index (χ2v) is 4.02. The quantitative estimate of drug-likeness (QED) is 0.617. The Kier molecular flexibility index (Phi) is 3.34. The first-order valence-corrected chi connectivity index (χ1v) is 4.71. The molecule has 0 aromatic rings. The van der Waals surface area contributed by atoms with Crippen LogP contribution >= 0.6 is 0 Å². The van der Waals surface area contributed by atoms with Gasteiger partial charge in [-0.3, -0.25) is 5.84 Å². The van der Waals surface area contributed by atoms with Gasteiger partial charge in [-0.05, 0) is 25.2 Å². The average Bonchev–Trinajstić information content (AvgIpc) is 1.93. The van der Waals surface area contributed by atoms with Crippen LogP contribution in [-0.2, 0) is 0 Å². The number of nitrogens with two attached hydrogens (primary N) is 1. The molecule has 2 N–H and O–H groups in total. The zero-order chi connectivity index (χ0) is 8.27. The molecule has 1 rings (SSSR count). The topological polar surface area (TPSA) is 29.3 Å². The number of hydrogen-bond acceptors (Lipinski definition) is 2. The standard InChI is InChI=1S/C9H20N2/c1-8(2)7-9-5-3-4-6-11(9)10/h8-9H,3-7,10H2,1-2H3. The molecule has 0 saturated carbocycles. The van der Waals surface area contributed by atoms with Gasteiger partial charge in [-0.25, -0.2) is 5.01 Å². The Hall–Kier alpha value is -0.0800. The summed E-state index contributed by atoms with van der Waals surface area (Å²) in [6, 6.07) is 0.656. The van der Waals surface area contributed by atoms with Crippen LogP contribution < -0.4 is 5.84 Å². The van der Waals surface area contributed by atoms with Gasteiger partial charge < -0.3 is 0 Å². The minimum Gasteiger partial charge on any atom is -0.269 e. The van der Waals surface area contributed by atoms with Crippen LogP contribution in [0.25, 0.3) is 0 Å². The number of hydrazine groups is 1. The third kappa shape index (κ3) is 2.80. The number of nitrogens with zero attached hydrogens (tertiary/aromatic N) is 1. The monoisotopic (exact) mass is 156 g/mol. The van der Waals surface area contributed by atoms with E-state index < -0.39 is 0 Å². The highest BCUT2D eigenvalue weighted by atomic mass is 15.4. The molecule has 0 radical (unpaired) electrons. The van der Waals surface area contributed by atoms with Crippen molar-refractivity contribution in [2.45, 2.75) is 45.6 Å². The maximum atomic E-state index is 5.86. The lowest BCUT2D eigenvalue weighted by molar-refractivity contribution is 0.131. The van der Waals surface area contributed by atoms with Crippen molar-refractivity contribution < 1.29 is 0 Å². The van der Waals surface area contributed by atoms with Crippen molar-refractivity contribution in [3.8, 4) is 0 Å². The molecule has 1 aliphatic heterocycles. The van der Waals surface area contributed by atoms with E-state index in [2.05, 4.69) is 13.8 Å². The minimum atomic E-state index is 0.656. The molecular formula is C9H20N2. The predicted octanol–water partition coefficient (Wildman–Crippen LogP) is 1.76. The highest BCUT2D eigenvalue weighted by molar-refractivity contribution is 4.73. The summed E-state index contributed by atoms with van der Waals surface area (Å²) in [5.74, 6) is 6.64. The predicted molar refractivity (Wildman–Crippen MR) is 48.0 cm³/mol. The molecule has 2 heteroatoms. The molecule has 2 nitrogen and oxygen atoms in total. The zero-order valence-electron chi connectivity index (χ0n) is 7.71. The van der Waals surface area contributed by atoms with E-state index >= 15 is 0 Å². The van der Waals surface area contributed by atoms with Crippen LogP contribution in [-0.4, -0.2) is 17.6 Å². The number of rotatable bonds is 2. The van der Waals surface area contributed by atoms with Gasteiger partial charge in [-0.15, -0.1) is 0 Å². The molecule has 0 bridgehead atoms. The van der Waals surface area contributed by atoms with E-state index in [1.165, 1.54) is 25.7 Å². The Bertz CT molecular complexity index is 112. The van der Waals surface area contributed by atoms with Gasteiger partial charge in [0.25, 0.3) is 0 Å². The summed E-state index contributed by atoms with van der Waals surface area (Å²) in [5, 5.41) is 2.03. The first kappa shape index (κ1) is 9.01. The molecular weight excluding hydrogens is 136 g/mol. The first-order valence-electron chi connectivity index (χ1n) is 4.71. The molecule has 0 amide bonds. The van der Waals surface area contributed by atoms with Crippen LogP contribution in [0.2, 0.25) is 0 Å². The van der Waals surface area contributed by atoms with E-state index in [4.69, 9.17) is 5.84 Å². The minimum absolute atomic E-state index is 0.656. The van der Waals surface area contributed by atoms with Gasteiger partial charge in [0.05, 0.1) is 0 Å². The van der Waals surface area contributed by atoms with Gasteiger partial charge in [-0.1, -0.05) is 20.3 Å². The molecule has 66 valence electrons. The van der Waals surface area contributed by atoms with Crippen molar-refractivity contribution in [1.29, 1.82) is 0 Å². The Morgan fingerprint density at radius 2 is 2.18 bits per heavy atom. The van der Waals surface area contributed by atoms with Gasteiger partial charge in [0.15, 0.2) is 0 Å². The van der Waals surface area contributed by atoms with E-state index in [0.717, 1.165) is 12.5 Å². The maximum Gasteiger partial charge on any atom is 0.0243 e. The summed E-state index contributed by atoms with van der Waals surface area (Å²) in [4.78, 5) is 0. The maximum absolute atomic E-state index is 5.86. The molecule has 1 fully saturated rings. The zero-order valence-corrected chi connectivity index (χ0v) is 7.71. The second kappa shape index (κ2) is 4.07. The van der Waals surface area contributed by atoms with Crippen molar-refractivity contribution in [3.05, 3.63) is 0 Å². The summed E-state index contributed by atoms with van der Waals surface area (Å²) in [6.45, 7) is 5.63. The van der Waals surface area contributed by atoms with Crippen molar-refractivity contribution in [2.75, 3.05) is 6.54 Å². The van der Waals surface area contributed by atoms with E-state index in [1.807, 2.05) is 5.01 Å². The van der Waals surface area contributed by atoms with Crippen LogP contribution in [0.1, 0.15) is 39.5 Å². The number of hydrogen-bond donors (Lipinski definition) is 1. The summed E-state index contributed by atoms with van der Waals surface area (Å²) in [7, 11) is 0. The van der Waals surface area contributed by atoms with Crippen LogP contribution in [0.5, 0.6) is 0 Å². The van der Waals surface area contributed by atoms with Crippen LogP contribution in [0.3, 0.4) is 0 Å². The van der Waals surface area contributed by atoms with E-state index in [-0.39, 0.29) is 0 Å². The average molecular weight is 156 g/mol. The third-order valence-electron chi connectivity index (χ3n) is 2.42. The fraction of sp³-hybridized carbons (Fsp3) is 1.00. The lowest BCUT2D eigenvalue weighted by atomic mass is 9.95. The molecule has 1 saturated heterocycles. The number of piperidine rings is 1. The van der Waals surface area contributed by atoms with Gasteiger partial charge in [0.1, 0.15) is 0 Å². The smallest absolute Gasteiger partial charge is 0.0243 e. The van der Waals surface area contributed by atoms with E-state index in [9.17, 15) is 0 Å². The highest BCUT2D eigenvalue weighted by Gasteiger charge is 2.19.